The van der Waals surface area contributed by atoms with Crippen molar-refractivity contribution >= 4 is 11.8 Å². The predicted octanol–water partition coefficient (Wildman–Crippen LogP) is 1.48. The summed E-state index contributed by atoms with van der Waals surface area (Å²) in [6.07, 6.45) is 1.85. The Morgan fingerprint density at radius 3 is 3.24 bits per heavy atom. The van der Waals surface area contributed by atoms with Crippen LogP contribution >= 0.6 is 11.8 Å². The Morgan fingerprint density at radius 2 is 2.47 bits per heavy atom. The van der Waals surface area contributed by atoms with Gasteiger partial charge in [-0.05, 0) is 19.2 Å². The lowest BCUT2D eigenvalue weighted by molar-refractivity contribution is 0.344. The maximum absolute atomic E-state index is 5.37. The van der Waals surface area contributed by atoms with Gasteiger partial charge in [-0.15, -0.1) is 0 Å². The Morgan fingerprint density at radius 1 is 1.53 bits per heavy atom. The van der Waals surface area contributed by atoms with Crippen LogP contribution in [0.1, 0.15) is 11.8 Å². The molecule has 2 aromatic heterocycles. The molecular formula is C11H14N4OS. The molecule has 1 fully saturated rings. The summed E-state index contributed by atoms with van der Waals surface area (Å²) in [5, 5.41) is 7.32. The zero-order valence-corrected chi connectivity index (χ0v) is 10.3. The van der Waals surface area contributed by atoms with Crippen molar-refractivity contribution in [2.24, 2.45) is 0 Å². The van der Waals surface area contributed by atoms with Gasteiger partial charge in [0.05, 0.1) is 11.6 Å². The highest BCUT2D eigenvalue weighted by Gasteiger charge is 2.32. The number of aromatic amines is 1. The van der Waals surface area contributed by atoms with Crippen molar-refractivity contribution in [1.82, 2.24) is 20.4 Å². The Balaban J connectivity index is 1.85. The van der Waals surface area contributed by atoms with E-state index < -0.39 is 0 Å². The SMILES string of the molecule is CNC1CSCC1c1nc(-c2ccc[nH]2)no1. The van der Waals surface area contributed by atoms with Gasteiger partial charge >= 0.3 is 0 Å². The van der Waals surface area contributed by atoms with Crippen LogP contribution in [0.3, 0.4) is 0 Å². The van der Waals surface area contributed by atoms with Crippen molar-refractivity contribution in [2.75, 3.05) is 18.6 Å². The van der Waals surface area contributed by atoms with Crippen LogP contribution in [0.2, 0.25) is 0 Å². The van der Waals surface area contributed by atoms with E-state index in [0.717, 1.165) is 23.1 Å². The van der Waals surface area contributed by atoms with Gasteiger partial charge < -0.3 is 14.8 Å². The van der Waals surface area contributed by atoms with Gasteiger partial charge in [-0.25, -0.2) is 0 Å². The highest BCUT2D eigenvalue weighted by molar-refractivity contribution is 7.99. The number of thioether (sulfide) groups is 1. The van der Waals surface area contributed by atoms with Crippen molar-refractivity contribution in [3.8, 4) is 11.5 Å². The molecule has 90 valence electrons. The number of hydrogen-bond donors (Lipinski definition) is 2. The molecule has 2 N–H and O–H groups in total. The van der Waals surface area contributed by atoms with Crippen molar-refractivity contribution in [3.05, 3.63) is 24.2 Å². The molecule has 2 atom stereocenters. The maximum atomic E-state index is 5.37. The van der Waals surface area contributed by atoms with Crippen molar-refractivity contribution in [2.45, 2.75) is 12.0 Å². The average molecular weight is 250 g/mol. The van der Waals surface area contributed by atoms with E-state index in [1.165, 1.54) is 0 Å². The van der Waals surface area contributed by atoms with Gasteiger partial charge in [0, 0.05) is 23.7 Å². The number of likely N-dealkylation sites (N-methyl/N-ethyl adjacent to an activating group) is 1. The predicted molar refractivity (Wildman–Crippen MR) is 67.0 cm³/mol. The molecule has 1 aliphatic heterocycles. The van der Waals surface area contributed by atoms with E-state index in [-0.39, 0.29) is 0 Å². The Kier molecular flexibility index (Phi) is 2.90. The van der Waals surface area contributed by atoms with Gasteiger partial charge in [0.1, 0.15) is 0 Å². The van der Waals surface area contributed by atoms with Gasteiger partial charge in [-0.2, -0.15) is 16.7 Å². The maximum Gasteiger partial charge on any atom is 0.232 e. The lowest BCUT2D eigenvalue weighted by Gasteiger charge is -2.13. The average Bonchev–Trinajstić information content (AvgIpc) is 3.09. The number of rotatable bonds is 3. The van der Waals surface area contributed by atoms with Crippen LogP contribution in [0, 0.1) is 0 Å². The summed E-state index contributed by atoms with van der Waals surface area (Å²) in [4.78, 5) is 7.55. The number of aromatic nitrogens is 3. The van der Waals surface area contributed by atoms with Crippen molar-refractivity contribution < 1.29 is 4.52 Å². The zero-order chi connectivity index (χ0) is 11.7. The Labute approximate surface area is 103 Å². The van der Waals surface area contributed by atoms with E-state index in [1.54, 1.807) is 0 Å². The minimum Gasteiger partial charge on any atom is -0.359 e. The Bertz CT molecular complexity index is 481. The number of hydrogen-bond acceptors (Lipinski definition) is 5. The fourth-order valence-electron chi connectivity index (χ4n) is 2.05. The van der Waals surface area contributed by atoms with E-state index in [9.17, 15) is 0 Å². The Hall–Kier alpha value is -1.27. The summed E-state index contributed by atoms with van der Waals surface area (Å²) >= 11 is 1.92. The molecule has 0 radical (unpaired) electrons. The monoisotopic (exact) mass is 250 g/mol. The number of H-pyrrole nitrogens is 1. The van der Waals surface area contributed by atoms with Crippen LogP contribution in [0.4, 0.5) is 0 Å². The third-order valence-electron chi connectivity index (χ3n) is 3.05. The molecule has 6 heteroatoms. The van der Waals surface area contributed by atoms with Gasteiger partial charge in [0.25, 0.3) is 0 Å². The summed E-state index contributed by atoms with van der Waals surface area (Å²) in [7, 11) is 1.98. The lowest BCUT2D eigenvalue weighted by atomic mass is 10.0. The quantitative estimate of drug-likeness (QED) is 0.863. The van der Waals surface area contributed by atoms with Crippen LogP contribution in [0.25, 0.3) is 11.5 Å². The third kappa shape index (κ3) is 1.98. The fourth-order valence-corrected chi connectivity index (χ4v) is 3.46. The molecule has 0 saturated carbocycles. The fraction of sp³-hybridized carbons (Fsp3) is 0.455. The first-order valence-corrected chi connectivity index (χ1v) is 6.76. The standard InChI is InChI=1S/C11H14N4OS/c1-12-9-6-17-5-7(9)11-14-10(15-16-11)8-3-2-4-13-8/h2-4,7,9,12-13H,5-6H2,1H3. The van der Waals surface area contributed by atoms with Gasteiger partial charge in [0.2, 0.25) is 11.7 Å². The topological polar surface area (TPSA) is 66.7 Å². The zero-order valence-electron chi connectivity index (χ0n) is 9.51. The van der Waals surface area contributed by atoms with Crippen LogP contribution in [-0.2, 0) is 0 Å². The second-order valence-corrected chi connectivity index (χ2v) is 5.15. The summed E-state index contributed by atoms with van der Waals surface area (Å²) in [6, 6.07) is 4.29. The molecule has 2 unspecified atom stereocenters. The third-order valence-corrected chi connectivity index (χ3v) is 4.24. The molecule has 5 nitrogen and oxygen atoms in total. The first-order chi connectivity index (χ1) is 8.38. The molecule has 0 bridgehead atoms. The highest BCUT2D eigenvalue weighted by atomic mass is 32.2. The molecule has 1 saturated heterocycles. The molecule has 0 spiro atoms. The molecule has 3 rings (SSSR count). The van der Waals surface area contributed by atoms with Crippen LogP contribution in [0.15, 0.2) is 22.9 Å². The second-order valence-electron chi connectivity index (χ2n) is 4.08. The van der Waals surface area contributed by atoms with Gasteiger partial charge in [-0.3, -0.25) is 0 Å². The summed E-state index contributed by atoms with van der Waals surface area (Å²) in [6.45, 7) is 0. The van der Waals surface area contributed by atoms with Gasteiger partial charge in [0.15, 0.2) is 0 Å². The van der Waals surface area contributed by atoms with E-state index in [1.807, 2.05) is 37.1 Å². The highest BCUT2D eigenvalue weighted by Crippen LogP contribution is 2.32. The van der Waals surface area contributed by atoms with Crippen LogP contribution < -0.4 is 5.32 Å². The summed E-state index contributed by atoms with van der Waals surface area (Å²) in [5.41, 5.74) is 0.895. The van der Waals surface area contributed by atoms with E-state index in [2.05, 4.69) is 20.4 Å². The minimum absolute atomic E-state index is 0.321. The minimum atomic E-state index is 0.321. The molecule has 2 aromatic rings. The smallest absolute Gasteiger partial charge is 0.232 e. The van der Waals surface area contributed by atoms with E-state index >= 15 is 0 Å². The summed E-state index contributed by atoms with van der Waals surface area (Å²) < 4.78 is 5.37. The van der Waals surface area contributed by atoms with E-state index in [0.29, 0.717) is 17.8 Å². The molecule has 3 heterocycles. The van der Waals surface area contributed by atoms with Gasteiger partial charge in [-0.1, -0.05) is 5.16 Å². The first-order valence-electron chi connectivity index (χ1n) is 5.61. The molecule has 0 amide bonds. The first kappa shape index (κ1) is 10.9. The van der Waals surface area contributed by atoms with Crippen molar-refractivity contribution in [1.29, 1.82) is 0 Å². The molecule has 1 aliphatic rings. The second kappa shape index (κ2) is 4.54. The summed E-state index contributed by atoms with van der Waals surface area (Å²) in [5.74, 6) is 3.83. The lowest BCUT2D eigenvalue weighted by Crippen LogP contribution is -2.31. The molecular weight excluding hydrogens is 236 g/mol. The molecule has 0 aromatic carbocycles. The van der Waals surface area contributed by atoms with E-state index in [4.69, 9.17) is 4.52 Å². The number of nitrogens with one attached hydrogen (secondary N) is 2. The normalized spacial score (nSPS) is 24.3. The molecule has 17 heavy (non-hydrogen) atoms. The van der Waals surface area contributed by atoms with Crippen LogP contribution in [0.5, 0.6) is 0 Å². The largest absolute Gasteiger partial charge is 0.359 e. The van der Waals surface area contributed by atoms with Crippen molar-refractivity contribution in [3.63, 3.8) is 0 Å². The van der Waals surface area contributed by atoms with Crippen LogP contribution in [-0.4, -0.2) is 39.7 Å². The number of nitrogens with zero attached hydrogens (tertiary/aromatic N) is 2. The molecule has 0 aliphatic carbocycles.